The molecule has 1 aromatic heterocycles. The van der Waals surface area contributed by atoms with E-state index in [9.17, 15) is 9.90 Å². The summed E-state index contributed by atoms with van der Waals surface area (Å²) in [5, 5.41) is 21.3. The number of carbonyl (C=O) groups is 1. The van der Waals surface area contributed by atoms with Gasteiger partial charge in [0.15, 0.2) is 0 Å². The molecule has 6 nitrogen and oxygen atoms in total. The fourth-order valence-corrected chi connectivity index (χ4v) is 3.33. The summed E-state index contributed by atoms with van der Waals surface area (Å²) >= 11 is 3.45. The molecule has 1 aliphatic carbocycles. The Morgan fingerprint density at radius 3 is 3.04 bits per heavy atom. The maximum atomic E-state index is 12.4. The number of aromatic nitrogens is 3. The first-order valence-electron chi connectivity index (χ1n) is 7.59. The molecule has 0 bridgehead atoms. The van der Waals surface area contributed by atoms with Gasteiger partial charge in [0.2, 0.25) is 0 Å². The van der Waals surface area contributed by atoms with Crippen LogP contribution in [0.4, 0.5) is 0 Å². The highest BCUT2D eigenvalue weighted by Crippen LogP contribution is 2.30. The highest BCUT2D eigenvalue weighted by atomic mass is 79.9. The lowest BCUT2D eigenvalue weighted by Crippen LogP contribution is -2.50. The number of amides is 1. The highest BCUT2D eigenvalue weighted by Gasteiger charge is 2.39. The summed E-state index contributed by atoms with van der Waals surface area (Å²) in [6.45, 7) is 0.431. The predicted octanol–water partition coefficient (Wildman–Crippen LogP) is 1.16. The Morgan fingerprint density at radius 2 is 2.30 bits per heavy atom. The Hall–Kier alpha value is -1.73. The van der Waals surface area contributed by atoms with Gasteiger partial charge in [0.05, 0.1) is 0 Å². The number of benzene rings is 1. The number of aryl methyl sites for hydroxylation is 2. The van der Waals surface area contributed by atoms with Gasteiger partial charge in [-0.25, -0.2) is 0 Å². The molecule has 2 aromatic rings. The number of halogens is 1. The molecule has 0 radical (unpaired) electrons. The van der Waals surface area contributed by atoms with E-state index in [4.69, 9.17) is 0 Å². The maximum absolute atomic E-state index is 12.4. The van der Waals surface area contributed by atoms with E-state index in [2.05, 4.69) is 37.5 Å². The molecule has 1 aromatic carbocycles. The molecule has 0 spiro atoms. The van der Waals surface area contributed by atoms with Gasteiger partial charge in [0.1, 0.15) is 17.8 Å². The van der Waals surface area contributed by atoms with E-state index in [1.54, 1.807) is 6.33 Å². The molecule has 0 fully saturated rings. The number of hydrogen-bond acceptors (Lipinski definition) is 4. The number of nitrogens with one attached hydrogen (secondary N) is 1. The van der Waals surface area contributed by atoms with Crippen molar-refractivity contribution < 1.29 is 9.90 Å². The number of fused-ring (bicyclic) bond motifs is 1. The third kappa shape index (κ3) is 3.45. The lowest BCUT2D eigenvalue weighted by atomic mass is 9.80. The van der Waals surface area contributed by atoms with Crippen LogP contribution in [-0.4, -0.2) is 37.9 Å². The molecular weight excluding hydrogens is 360 g/mol. The lowest BCUT2D eigenvalue weighted by molar-refractivity contribution is -0.140. The molecule has 23 heavy (non-hydrogen) atoms. The quantitative estimate of drug-likeness (QED) is 0.836. The van der Waals surface area contributed by atoms with Crippen LogP contribution in [0.25, 0.3) is 0 Å². The first-order valence-corrected chi connectivity index (χ1v) is 8.38. The van der Waals surface area contributed by atoms with Gasteiger partial charge in [-0.15, -0.1) is 10.2 Å². The van der Waals surface area contributed by atoms with Crippen LogP contribution in [0, 0.1) is 0 Å². The van der Waals surface area contributed by atoms with Crippen molar-refractivity contribution in [2.75, 3.05) is 6.54 Å². The molecule has 0 saturated carbocycles. The molecule has 122 valence electrons. The average Bonchev–Trinajstić information content (AvgIpc) is 2.93. The van der Waals surface area contributed by atoms with E-state index >= 15 is 0 Å². The van der Waals surface area contributed by atoms with E-state index < -0.39 is 5.60 Å². The molecule has 0 aliphatic heterocycles. The monoisotopic (exact) mass is 378 g/mol. The van der Waals surface area contributed by atoms with E-state index in [0.717, 1.165) is 15.9 Å². The first kappa shape index (κ1) is 16.1. The van der Waals surface area contributed by atoms with Crippen LogP contribution < -0.4 is 5.32 Å². The van der Waals surface area contributed by atoms with Crippen molar-refractivity contribution in [3.05, 3.63) is 46.0 Å². The number of rotatable bonds is 4. The molecule has 1 unspecified atom stereocenters. The van der Waals surface area contributed by atoms with Gasteiger partial charge in [0.25, 0.3) is 5.91 Å². The summed E-state index contributed by atoms with van der Waals surface area (Å²) in [5.74, 6) is 0.490. The zero-order valence-corrected chi connectivity index (χ0v) is 14.5. The Labute approximate surface area is 143 Å². The lowest BCUT2D eigenvalue weighted by Gasteiger charge is -2.32. The first-order chi connectivity index (χ1) is 11.0. The van der Waals surface area contributed by atoms with Crippen LogP contribution in [0.2, 0.25) is 0 Å². The van der Waals surface area contributed by atoms with Crippen molar-refractivity contribution in [3.8, 4) is 0 Å². The minimum Gasteiger partial charge on any atom is -0.380 e. The van der Waals surface area contributed by atoms with Crippen molar-refractivity contribution >= 4 is 21.8 Å². The summed E-state index contributed by atoms with van der Waals surface area (Å²) < 4.78 is 2.84. The van der Waals surface area contributed by atoms with Crippen LogP contribution >= 0.6 is 15.9 Å². The van der Waals surface area contributed by atoms with Gasteiger partial charge in [0, 0.05) is 30.9 Å². The van der Waals surface area contributed by atoms with Gasteiger partial charge >= 0.3 is 0 Å². The maximum Gasteiger partial charge on any atom is 0.252 e. The Balaban J connectivity index is 1.61. The van der Waals surface area contributed by atoms with Crippen molar-refractivity contribution in [2.24, 2.45) is 7.05 Å². The van der Waals surface area contributed by atoms with Crippen LogP contribution in [0.5, 0.6) is 0 Å². The van der Waals surface area contributed by atoms with E-state index in [0.29, 0.717) is 32.2 Å². The second kappa shape index (κ2) is 6.41. The summed E-state index contributed by atoms with van der Waals surface area (Å²) in [6, 6.07) is 5.97. The fourth-order valence-electron chi connectivity index (χ4n) is 2.92. The fraction of sp³-hybridized carbons (Fsp3) is 0.438. The largest absolute Gasteiger partial charge is 0.380 e. The second-order valence-corrected chi connectivity index (χ2v) is 6.90. The third-order valence-electron chi connectivity index (χ3n) is 4.32. The number of nitrogens with zero attached hydrogens (tertiary/aromatic N) is 3. The Morgan fingerprint density at radius 1 is 1.48 bits per heavy atom. The molecule has 3 rings (SSSR count). The van der Waals surface area contributed by atoms with Crippen molar-refractivity contribution in [2.45, 2.75) is 31.3 Å². The molecule has 7 heteroatoms. The Kier molecular flexibility index (Phi) is 4.50. The normalized spacial score (nSPS) is 20.1. The number of hydrogen-bond donors (Lipinski definition) is 2. The molecule has 1 amide bonds. The van der Waals surface area contributed by atoms with Gasteiger partial charge < -0.3 is 15.0 Å². The van der Waals surface area contributed by atoms with E-state index in [-0.39, 0.29) is 5.91 Å². The SMILES string of the molecule is Cn1cnnc1CCNC(=O)C1(O)CCc2cc(Br)ccc2C1. The zero-order chi connectivity index (χ0) is 16.4. The van der Waals surface area contributed by atoms with Crippen molar-refractivity contribution in [3.63, 3.8) is 0 Å². The topological polar surface area (TPSA) is 80.0 Å². The third-order valence-corrected chi connectivity index (χ3v) is 4.81. The molecule has 1 heterocycles. The molecule has 1 aliphatic rings. The minimum atomic E-state index is -1.33. The summed E-state index contributed by atoms with van der Waals surface area (Å²) in [6.07, 6.45) is 3.70. The van der Waals surface area contributed by atoms with Gasteiger partial charge in [-0.05, 0) is 36.1 Å². The predicted molar refractivity (Wildman–Crippen MR) is 88.8 cm³/mol. The standard InChI is InChI=1S/C16H19BrN4O2/c1-21-10-19-20-14(21)5-7-18-15(22)16(23)6-4-11-8-13(17)3-2-12(11)9-16/h2-3,8,10,23H,4-7,9H2,1H3,(H,18,22). The smallest absolute Gasteiger partial charge is 0.252 e. The summed E-state index contributed by atoms with van der Waals surface area (Å²) in [7, 11) is 1.86. The van der Waals surface area contributed by atoms with Crippen LogP contribution in [0.15, 0.2) is 29.0 Å². The molecule has 2 N–H and O–H groups in total. The number of carbonyl (C=O) groups excluding carboxylic acids is 1. The average molecular weight is 379 g/mol. The van der Waals surface area contributed by atoms with Crippen molar-refractivity contribution in [1.82, 2.24) is 20.1 Å². The summed E-state index contributed by atoms with van der Waals surface area (Å²) in [5.41, 5.74) is 0.891. The Bertz CT molecular complexity index is 731. The van der Waals surface area contributed by atoms with E-state index in [1.165, 1.54) is 5.56 Å². The zero-order valence-electron chi connectivity index (χ0n) is 12.9. The molecule has 1 atom stereocenters. The van der Waals surface area contributed by atoms with Gasteiger partial charge in [-0.2, -0.15) is 0 Å². The van der Waals surface area contributed by atoms with E-state index in [1.807, 2.05) is 23.7 Å². The molecule has 0 saturated heterocycles. The highest BCUT2D eigenvalue weighted by molar-refractivity contribution is 9.10. The molecular formula is C16H19BrN4O2. The van der Waals surface area contributed by atoms with Gasteiger partial charge in [-0.1, -0.05) is 22.0 Å². The van der Waals surface area contributed by atoms with Crippen LogP contribution in [0.1, 0.15) is 23.4 Å². The van der Waals surface area contributed by atoms with Crippen LogP contribution in [-0.2, 0) is 31.1 Å². The van der Waals surface area contributed by atoms with Crippen LogP contribution in [0.3, 0.4) is 0 Å². The second-order valence-electron chi connectivity index (χ2n) is 5.99. The minimum absolute atomic E-state index is 0.312. The number of aliphatic hydroxyl groups is 1. The van der Waals surface area contributed by atoms with Gasteiger partial charge in [-0.3, -0.25) is 4.79 Å². The summed E-state index contributed by atoms with van der Waals surface area (Å²) in [4.78, 5) is 12.4. The van der Waals surface area contributed by atoms with Crippen molar-refractivity contribution in [1.29, 1.82) is 0 Å².